The number of nitrogens with zero attached hydrogens (tertiary/aromatic N) is 1. The molecule has 0 saturated carbocycles. The zero-order valence-electron chi connectivity index (χ0n) is 15.4. The topological polar surface area (TPSA) is 64.0 Å². The Labute approximate surface area is 166 Å². The van der Waals surface area contributed by atoms with Gasteiger partial charge in [0, 0.05) is 5.69 Å². The van der Waals surface area contributed by atoms with Crippen molar-refractivity contribution in [3.63, 3.8) is 0 Å². The van der Waals surface area contributed by atoms with E-state index in [9.17, 15) is 9.18 Å². The molecule has 8 heteroatoms. The first-order valence-corrected chi connectivity index (χ1v) is 10.2. The Bertz CT molecular complexity index is 903. The quantitative estimate of drug-likeness (QED) is 0.562. The standard InChI is InChI=1S/C20H21FN4O2S/c21-15-3-5-16(6-4-15)22-19(26)13-25-9-7-24(8-10-25)12-17-14-27-20(23-17)18-2-1-11-28-18/h1-6,11,14H,7-10,12-13H2,(H,22,26)/p+2. The smallest absolute Gasteiger partial charge is 0.279 e. The second kappa shape index (κ2) is 8.64. The predicted molar refractivity (Wildman–Crippen MR) is 105 cm³/mol. The molecule has 0 atom stereocenters. The molecule has 3 heterocycles. The third-order valence-corrected chi connectivity index (χ3v) is 5.78. The summed E-state index contributed by atoms with van der Waals surface area (Å²) in [6.07, 6.45) is 1.75. The SMILES string of the molecule is O=C(C[NH+]1CC[NH+](Cc2coc(-c3cccs3)n2)CC1)Nc1ccc(F)cc1. The molecule has 1 saturated heterocycles. The number of nitrogens with one attached hydrogen (secondary N) is 3. The molecule has 3 N–H and O–H groups in total. The van der Waals surface area contributed by atoms with E-state index in [1.165, 1.54) is 21.9 Å². The minimum absolute atomic E-state index is 0.0397. The van der Waals surface area contributed by atoms with E-state index in [1.54, 1.807) is 29.7 Å². The van der Waals surface area contributed by atoms with E-state index in [4.69, 9.17) is 4.42 Å². The van der Waals surface area contributed by atoms with Gasteiger partial charge in [0.1, 0.15) is 50.5 Å². The number of rotatable bonds is 6. The number of carbonyl (C=O) groups is 1. The Kier molecular flexibility index (Phi) is 5.80. The van der Waals surface area contributed by atoms with Crippen LogP contribution in [-0.2, 0) is 11.3 Å². The van der Waals surface area contributed by atoms with Gasteiger partial charge in [-0.1, -0.05) is 6.07 Å². The number of anilines is 1. The third-order valence-electron chi connectivity index (χ3n) is 4.92. The summed E-state index contributed by atoms with van der Waals surface area (Å²) < 4.78 is 18.5. The number of quaternary nitrogens is 2. The second-order valence-electron chi connectivity index (χ2n) is 7.03. The first-order valence-electron chi connectivity index (χ1n) is 9.36. The van der Waals surface area contributed by atoms with Gasteiger partial charge in [-0.25, -0.2) is 9.37 Å². The molecule has 146 valence electrons. The minimum atomic E-state index is -0.308. The van der Waals surface area contributed by atoms with Crippen molar-refractivity contribution in [2.24, 2.45) is 0 Å². The van der Waals surface area contributed by atoms with Crippen LogP contribution in [0.2, 0.25) is 0 Å². The minimum Gasteiger partial charge on any atom is -0.443 e. The molecule has 0 unspecified atom stereocenters. The summed E-state index contributed by atoms with van der Waals surface area (Å²) in [5, 5.41) is 4.84. The Morgan fingerprint density at radius 3 is 2.61 bits per heavy atom. The first kappa shape index (κ1) is 18.8. The zero-order chi connectivity index (χ0) is 19.3. The van der Waals surface area contributed by atoms with Crippen LogP contribution in [0.4, 0.5) is 10.1 Å². The van der Waals surface area contributed by atoms with E-state index in [0.717, 1.165) is 43.3 Å². The maximum Gasteiger partial charge on any atom is 0.279 e. The van der Waals surface area contributed by atoms with E-state index in [2.05, 4.69) is 10.3 Å². The number of amides is 1. The van der Waals surface area contributed by atoms with Crippen LogP contribution < -0.4 is 15.1 Å². The van der Waals surface area contributed by atoms with Gasteiger partial charge in [-0.05, 0) is 35.7 Å². The number of carbonyl (C=O) groups excluding carboxylic acids is 1. The summed E-state index contributed by atoms with van der Waals surface area (Å²) in [6, 6.07) is 9.84. The van der Waals surface area contributed by atoms with Crippen LogP contribution in [0, 0.1) is 5.82 Å². The van der Waals surface area contributed by atoms with Crippen LogP contribution in [-0.4, -0.2) is 43.6 Å². The molecule has 1 aliphatic rings. The lowest BCUT2D eigenvalue weighted by molar-refractivity contribution is -1.02. The molecule has 1 aromatic carbocycles. The molecular formula is C20H23FN4O2S+2. The van der Waals surface area contributed by atoms with Crippen molar-refractivity contribution >= 4 is 22.9 Å². The lowest BCUT2D eigenvalue weighted by Crippen LogP contribution is -3.28. The van der Waals surface area contributed by atoms with Crippen molar-refractivity contribution in [1.82, 2.24) is 4.98 Å². The van der Waals surface area contributed by atoms with Gasteiger partial charge in [-0.3, -0.25) is 4.79 Å². The number of aromatic nitrogens is 1. The molecule has 0 spiro atoms. The predicted octanol–water partition coefficient (Wildman–Crippen LogP) is 0.464. The normalized spacial score (nSPS) is 19.5. The Balaban J connectivity index is 1.22. The van der Waals surface area contributed by atoms with Crippen molar-refractivity contribution in [3.05, 3.63) is 59.6 Å². The maximum atomic E-state index is 12.9. The first-order chi connectivity index (χ1) is 13.7. The number of benzene rings is 1. The van der Waals surface area contributed by atoms with E-state index in [0.29, 0.717) is 18.1 Å². The van der Waals surface area contributed by atoms with Gasteiger partial charge in [-0.2, -0.15) is 0 Å². The fraction of sp³-hybridized carbons (Fsp3) is 0.300. The summed E-state index contributed by atoms with van der Waals surface area (Å²) in [5.74, 6) is 0.339. The average molecular weight is 402 g/mol. The number of thiophene rings is 1. The molecule has 4 rings (SSSR count). The highest BCUT2D eigenvalue weighted by molar-refractivity contribution is 7.13. The number of oxazole rings is 1. The van der Waals surface area contributed by atoms with Crippen LogP contribution in [0.25, 0.3) is 10.8 Å². The molecule has 0 bridgehead atoms. The number of hydrogen-bond donors (Lipinski definition) is 3. The fourth-order valence-corrected chi connectivity index (χ4v) is 4.09. The van der Waals surface area contributed by atoms with Crippen molar-refractivity contribution in [1.29, 1.82) is 0 Å². The molecule has 2 aromatic heterocycles. The Morgan fingerprint density at radius 2 is 1.89 bits per heavy atom. The summed E-state index contributed by atoms with van der Waals surface area (Å²) in [7, 11) is 0. The molecule has 1 aliphatic heterocycles. The van der Waals surface area contributed by atoms with Gasteiger partial charge in [0.05, 0.1) is 4.88 Å². The van der Waals surface area contributed by atoms with Crippen molar-refractivity contribution < 1.29 is 23.4 Å². The summed E-state index contributed by atoms with van der Waals surface area (Å²) in [6.45, 7) is 5.10. The fourth-order valence-electron chi connectivity index (χ4n) is 3.43. The van der Waals surface area contributed by atoms with Crippen LogP contribution in [0.1, 0.15) is 5.69 Å². The highest BCUT2D eigenvalue weighted by Crippen LogP contribution is 2.23. The van der Waals surface area contributed by atoms with Crippen LogP contribution in [0.3, 0.4) is 0 Å². The molecule has 0 aliphatic carbocycles. The van der Waals surface area contributed by atoms with Crippen LogP contribution in [0.15, 0.2) is 52.5 Å². The Morgan fingerprint density at radius 1 is 1.14 bits per heavy atom. The molecule has 0 radical (unpaired) electrons. The van der Waals surface area contributed by atoms with E-state index in [-0.39, 0.29) is 11.7 Å². The van der Waals surface area contributed by atoms with Crippen molar-refractivity contribution in [3.8, 4) is 10.8 Å². The molecule has 1 amide bonds. The van der Waals surface area contributed by atoms with Gasteiger partial charge < -0.3 is 19.5 Å². The van der Waals surface area contributed by atoms with Gasteiger partial charge >= 0.3 is 0 Å². The molecule has 1 fully saturated rings. The van der Waals surface area contributed by atoms with E-state index < -0.39 is 0 Å². The van der Waals surface area contributed by atoms with Gasteiger partial charge in [0.2, 0.25) is 5.89 Å². The average Bonchev–Trinajstić information content (AvgIpc) is 3.37. The van der Waals surface area contributed by atoms with Crippen LogP contribution >= 0.6 is 11.3 Å². The van der Waals surface area contributed by atoms with E-state index in [1.807, 2.05) is 17.5 Å². The molecule has 3 aromatic rings. The molecular weight excluding hydrogens is 379 g/mol. The van der Waals surface area contributed by atoms with Gasteiger partial charge in [0.15, 0.2) is 6.54 Å². The summed E-state index contributed by atoms with van der Waals surface area (Å²) >= 11 is 1.62. The van der Waals surface area contributed by atoms with Gasteiger partial charge in [-0.15, -0.1) is 11.3 Å². The lowest BCUT2D eigenvalue weighted by atomic mass is 10.2. The zero-order valence-corrected chi connectivity index (χ0v) is 16.2. The van der Waals surface area contributed by atoms with E-state index >= 15 is 0 Å². The monoisotopic (exact) mass is 402 g/mol. The molecule has 6 nitrogen and oxygen atoms in total. The van der Waals surface area contributed by atoms with Crippen molar-refractivity contribution in [2.45, 2.75) is 6.54 Å². The highest BCUT2D eigenvalue weighted by atomic mass is 32.1. The third kappa shape index (κ3) is 4.83. The maximum absolute atomic E-state index is 12.9. The van der Waals surface area contributed by atoms with Crippen molar-refractivity contribution in [2.75, 3.05) is 38.0 Å². The Hall–Kier alpha value is -2.55. The second-order valence-corrected chi connectivity index (χ2v) is 7.98. The number of halogens is 1. The number of piperazine rings is 1. The van der Waals surface area contributed by atoms with Crippen LogP contribution in [0.5, 0.6) is 0 Å². The van der Waals surface area contributed by atoms with Gasteiger partial charge in [0.25, 0.3) is 5.91 Å². The lowest BCUT2D eigenvalue weighted by Gasteiger charge is -2.28. The molecule has 28 heavy (non-hydrogen) atoms. The summed E-state index contributed by atoms with van der Waals surface area (Å²) in [5.41, 5.74) is 1.60. The highest BCUT2D eigenvalue weighted by Gasteiger charge is 2.25. The summed E-state index contributed by atoms with van der Waals surface area (Å²) in [4.78, 5) is 20.6. The largest absolute Gasteiger partial charge is 0.443 e. The number of hydrogen-bond acceptors (Lipinski definition) is 4.